The van der Waals surface area contributed by atoms with Gasteiger partial charge in [0.25, 0.3) is 11.7 Å². The largest absolute Gasteiger partial charge is 0.507 e. The van der Waals surface area contributed by atoms with Crippen molar-refractivity contribution >= 4 is 17.4 Å². The van der Waals surface area contributed by atoms with Gasteiger partial charge in [-0.2, -0.15) is 0 Å². The van der Waals surface area contributed by atoms with Gasteiger partial charge < -0.3 is 29.0 Å². The van der Waals surface area contributed by atoms with Crippen molar-refractivity contribution in [2.45, 2.75) is 32.9 Å². The molecule has 0 aromatic heterocycles. The fraction of sp³-hybridized carbons (Fsp3) is 0.371. The fourth-order valence-corrected chi connectivity index (χ4v) is 5.67. The molecule has 1 amide bonds. The summed E-state index contributed by atoms with van der Waals surface area (Å²) in [7, 11) is 1.55. The number of hydrogen-bond acceptors (Lipinski definition) is 8. The Kier molecular flexibility index (Phi) is 10.2. The first-order valence-corrected chi connectivity index (χ1v) is 15.1. The Morgan fingerprint density at radius 2 is 1.70 bits per heavy atom. The Morgan fingerprint density at radius 3 is 2.41 bits per heavy atom. The predicted molar refractivity (Wildman–Crippen MR) is 167 cm³/mol. The van der Waals surface area contributed by atoms with E-state index >= 15 is 0 Å². The van der Waals surface area contributed by atoms with Crippen molar-refractivity contribution in [2.24, 2.45) is 0 Å². The van der Waals surface area contributed by atoms with Gasteiger partial charge in [0.15, 0.2) is 11.5 Å². The number of morpholine rings is 1. The molecular formula is C35H40N2O7. The van der Waals surface area contributed by atoms with E-state index in [1.165, 1.54) is 0 Å². The van der Waals surface area contributed by atoms with E-state index in [9.17, 15) is 14.7 Å². The van der Waals surface area contributed by atoms with Crippen LogP contribution < -0.4 is 14.2 Å². The van der Waals surface area contributed by atoms with Gasteiger partial charge in [-0.25, -0.2) is 0 Å². The SMILES string of the molecule is CCOc1ccc(C2/C(=C(\O)c3ccc(OCc4ccccc4C)cc3)C(=O)C(=O)N2CCCN2CCOCC2)cc1OC. The van der Waals surface area contributed by atoms with Crippen molar-refractivity contribution in [3.8, 4) is 17.2 Å². The van der Waals surface area contributed by atoms with Gasteiger partial charge >= 0.3 is 0 Å². The van der Waals surface area contributed by atoms with Crippen LogP contribution in [0.4, 0.5) is 0 Å². The molecule has 3 aromatic carbocycles. The number of carbonyl (C=O) groups excluding carboxylic acids is 2. The quantitative estimate of drug-likeness (QED) is 0.174. The summed E-state index contributed by atoms with van der Waals surface area (Å²) in [6.07, 6.45) is 0.671. The fourth-order valence-electron chi connectivity index (χ4n) is 5.67. The highest BCUT2D eigenvalue weighted by molar-refractivity contribution is 6.46. The molecule has 2 heterocycles. The first-order chi connectivity index (χ1) is 21.4. The van der Waals surface area contributed by atoms with E-state index < -0.39 is 17.7 Å². The molecule has 3 aromatic rings. The van der Waals surface area contributed by atoms with Crippen molar-refractivity contribution in [2.75, 3.05) is 53.1 Å². The summed E-state index contributed by atoms with van der Waals surface area (Å²) >= 11 is 0. The van der Waals surface area contributed by atoms with E-state index in [-0.39, 0.29) is 11.3 Å². The summed E-state index contributed by atoms with van der Waals surface area (Å²) < 4.78 is 22.7. The number of amides is 1. The highest BCUT2D eigenvalue weighted by atomic mass is 16.5. The van der Waals surface area contributed by atoms with Crippen molar-refractivity contribution < 1.29 is 33.6 Å². The first kappa shape index (κ1) is 31.1. The molecule has 5 rings (SSSR count). The van der Waals surface area contributed by atoms with Crippen molar-refractivity contribution in [3.63, 3.8) is 0 Å². The third kappa shape index (κ3) is 6.90. The zero-order valence-electron chi connectivity index (χ0n) is 25.6. The standard InChI is InChI=1S/C35H40N2O7/c1-4-43-29-15-12-26(22-30(29)41-3)32-31(34(39)35(40)37(32)17-7-16-36-18-20-42-21-19-36)33(38)25-10-13-28(14-11-25)44-23-27-9-6-5-8-24(27)2/h5-6,8-15,22,32,38H,4,7,16-21,23H2,1-3H3/b33-31+. The van der Waals surface area contributed by atoms with Crippen LogP contribution in [0.3, 0.4) is 0 Å². The number of benzene rings is 3. The van der Waals surface area contributed by atoms with E-state index in [0.29, 0.717) is 67.8 Å². The number of ether oxygens (including phenoxy) is 4. The zero-order chi connectivity index (χ0) is 31.1. The van der Waals surface area contributed by atoms with Crippen LogP contribution >= 0.6 is 0 Å². The maximum Gasteiger partial charge on any atom is 0.295 e. The number of likely N-dealkylation sites (tertiary alicyclic amines) is 1. The Balaban J connectivity index is 1.44. The number of carbonyl (C=O) groups is 2. The summed E-state index contributed by atoms with van der Waals surface area (Å²) in [6.45, 7) is 8.96. The van der Waals surface area contributed by atoms with Crippen LogP contribution in [0.25, 0.3) is 5.76 Å². The lowest BCUT2D eigenvalue weighted by Crippen LogP contribution is -2.39. The second-order valence-corrected chi connectivity index (χ2v) is 10.9. The van der Waals surface area contributed by atoms with Gasteiger partial charge in [-0.3, -0.25) is 14.5 Å². The molecule has 1 atom stereocenters. The van der Waals surface area contributed by atoms with Crippen LogP contribution in [0.5, 0.6) is 17.2 Å². The summed E-state index contributed by atoms with van der Waals surface area (Å²) in [5.74, 6) is 0.0855. The number of hydrogen-bond donors (Lipinski definition) is 1. The molecule has 0 saturated carbocycles. The average molecular weight is 601 g/mol. The normalized spacial score (nSPS) is 18.4. The molecule has 0 aliphatic carbocycles. The predicted octanol–water partition coefficient (Wildman–Crippen LogP) is 5.13. The number of Topliss-reactive ketones (excluding diaryl/α,β-unsaturated/α-hetero) is 1. The second-order valence-electron chi connectivity index (χ2n) is 10.9. The maximum absolute atomic E-state index is 13.5. The Hall–Kier alpha value is -4.34. The number of aliphatic hydroxyl groups excluding tert-OH is 1. The van der Waals surface area contributed by atoms with Crippen molar-refractivity contribution in [1.29, 1.82) is 0 Å². The van der Waals surface area contributed by atoms with Gasteiger partial charge in [0.1, 0.15) is 18.1 Å². The highest BCUT2D eigenvalue weighted by Gasteiger charge is 2.46. The molecule has 0 bridgehead atoms. The lowest BCUT2D eigenvalue weighted by atomic mass is 9.95. The van der Waals surface area contributed by atoms with Gasteiger partial charge in [-0.05, 0) is 73.4 Å². The molecule has 9 nitrogen and oxygen atoms in total. The average Bonchev–Trinajstić information content (AvgIpc) is 3.30. The Morgan fingerprint density at radius 1 is 0.955 bits per heavy atom. The number of nitrogens with zero attached hydrogens (tertiary/aromatic N) is 2. The van der Waals surface area contributed by atoms with Crippen LogP contribution in [0.2, 0.25) is 0 Å². The second kappa shape index (κ2) is 14.4. The van der Waals surface area contributed by atoms with Crippen LogP contribution in [0, 0.1) is 6.92 Å². The summed E-state index contributed by atoms with van der Waals surface area (Å²) in [5, 5.41) is 11.5. The van der Waals surface area contributed by atoms with Gasteiger partial charge in [0, 0.05) is 31.7 Å². The number of aliphatic hydroxyl groups is 1. The number of rotatable bonds is 12. The summed E-state index contributed by atoms with van der Waals surface area (Å²) in [6, 6.07) is 19.5. The minimum Gasteiger partial charge on any atom is -0.507 e. The molecule has 0 radical (unpaired) electrons. The van der Waals surface area contributed by atoms with Crippen LogP contribution in [-0.4, -0.2) is 79.7 Å². The molecule has 1 unspecified atom stereocenters. The van der Waals surface area contributed by atoms with Gasteiger partial charge in [-0.1, -0.05) is 30.3 Å². The lowest BCUT2D eigenvalue weighted by molar-refractivity contribution is -0.140. The van der Waals surface area contributed by atoms with Crippen LogP contribution in [0.15, 0.2) is 72.3 Å². The molecule has 2 saturated heterocycles. The topological polar surface area (TPSA) is 97.8 Å². The van der Waals surface area contributed by atoms with Gasteiger partial charge in [0.05, 0.1) is 38.5 Å². The Labute approximate surface area is 258 Å². The molecule has 2 aliphatic heterocycles. The molecule has 232 valence electrons. The summed E-state index contributed by atoms with van der Waals surface area (Å²) in [4.78, 5) is 30.9. The maximum atomic E-state index is 13.5. The first-order valence-electron chi connectivity index (χ1n) is 15.1. The number of ketones is 1. The molecule has 44 heavy (non-hydrogen) atoms. The molecule has 1 N–H and O–H groups in total. The Bertz CT molecular complexity index is 1500. The highest BCUT2D eigenvalue weighted by Crippen LogP contribution is 2.42. The minimum atomic E-state index is -0.791. The van der Waals surface area contributed by atoms with E-state index in [1.807, 2.05) is 44.2 Å². The lowest BCUT2D eigenvalue weighted by Gasteiger charge is -2.29. The third-order valence-electron chi connectivity index (χ3n) is 8.10. The van der Waals surface area contributed by atoms with E-state index in [4.69, 9.17) is 18.9 Å². The molecular weight excluding hydrogens is 560 g/mol. The smallest absolute Gasteiger partial charge is 0.295 e. The molecule has 9 heteroatoms. The van der Waals surface area contributed by atoms with Crippen LogP contribution in [0.1, 0.15) is 41.6 Å². The molecule has 2 aliphatic rings. The monoisotopic (exact) mass is 600 g/mol. The number of methoxy groups -OCH3 is 1. The van der Waals surface area contributed by atoms with E-state index in [0.717, 1.165) is 30.8 Å². The van der Waals surface area contributed by atoms with Crippen LogP contribution in [-0.2, 0) is 20.9 Å². The number of aryl methyl sites for hydroxylation is 1. The summed E-state index contributed by atoms with van der Waals surface area (Å²) in [5.41, 5.74) is 3.33. The zero-order valence-corrected chi connectivity index (χ0v) is 25.6. The van der Waals surface area contributed by atoms with E-state index in [2.05, 4.69) is 4.90 Å². The van der Waals surface area contributed by atoms with Gasteiger partial charge in [0.2, 0.25) is 0 Å². The van der Waals surface area contributed by atoms with Crippen molar-refractivity contribution in [1.82, 2.24) is 9.80 Å². The van der Waals surface area contributed by atoms with Crippen molar-refractivity contribution in [3.05, 3.63) is 94.6 Å². The van der Waals surface area contributed by atoms with Gasteiger partial charge in [-0.15, -0.1) is 0 Å². The molecule has 2 fully saturated rings. The molecule has 0 spiro atoms. The van der Waals surface area contributed by atoms with E-state index in [1.54, 1.807) is 48.4 Å². The third-order valence-corrected chi connectivity index (χ3v) is 8.10. The minimum absolute atomic E-state index is 0.0427.